The summed E-state index contributed by atoms with van der Waals surface area (Å²) in [5.41, 5.74) is 2.28. The molecule has 0 bridgehead atoms. The van der Waals surface area contributed by atoms with Gasteiger partial charge in [-0.05, 0) is 40.9 Å². The maximum atomic E-state index is 12.9. The van der Waals surface area contributed by atoms with Crippen molar-refractivity contribution in [3.63, 3.8) is 0 Å². The Balaban J connectivity index is 1.58. The van der Waals surface area contributed by atoms with Crippen LogP contribution in [0.25, 0.3) is 0 Å². The average molecular weight is 410 g/mol. The van der Waals surface area contributed by atoms with Gasteiger partial charge in [0, 0.05) is 29.9 Å². The van der Waals surface area contributed by atoms with E-state index in [1.54, 1.807) is 13.0 Å². The van der Waals surface area contributed by atoms with Crippen LogP contribution in [0.1, 0.15) is 31.9 Å². The number of anilines is 1. The maximum absolute atomic E-state index is 12.9. The topological polar surface area (TPSA) is 69.7 Å². The Morgan fingerprint density at radius 2 is 1.90 bits per heavy atom. The van der Waals surface area contributed by atoms with Crippen molar-refractivity contribution in [2.75, 3.05) is 18.5 Å². The van der Waals surface area contributed by atoms with Crippen molar-refractivity contribution in [3.8, 4) is 0 Å². The highest BCUT2D eigenvalue weighted by molar-refractivity contribution is 7.08. The molecule has 0 radical (unpaired) electrons. The number of ketones is 1. The highest BCUT2D eigenvalue weighted by Gasteiger charge is 2.49. The third-order valence-electron chi connectivity index (χ3n) is 5.93. The second-order valence-electron chi connectivity index (χ2n) is 8.16. The van der Waals surface area contributed by atoms with Crippen LogP contribution in [-0.4, -0.2) is 36.2 Å². The summed E-state index contributed by atoms with van der Waals surface area (Å²) in [6, 6.07) is 9.29. The molecule has 0 aliphatic carbocycles. The number of thiophene rings is 1. The van der Waals surface area contributed by atoms with Gasteiger partial charge in [-0.2, -0.15) is 11.3 Å². The van der Waals surface area contributed by atoms with Crippen molar-refractivity contribution in [2.45, 2.75) is 31.7 Å². The molecule has 3 heterocycles. The Kier molecular flexibility index (Phi) is 4.38. The number of benzene rings is 1. The van der Waals surface area contributed by atoms with Gasteiger partial charge >= 0.3 is 6.03 Å². The molecule has 1 fully saturated rings. The number of hydrogen-bond acceptors (Lipinski definition) is 5. The first-order valence-electron chi connectivity index (χ1n) is 9.41. The average Bonchev–Trinajstić information content (AvgIpc) is 3.34. The van der Waals surface area contributed by atoms with E-state index in [9.17, 15) is 14.4 Å². The van der Waals surface area contributed by atoms with E-state index in [1.807, 2.05) is 47.0 Å². The zero-order valence-corrected chi connectivity index (χ0v) is 17.7. The van der Waals surface area contributed by atoms with Crippen LogP contribution < -0.4 is 10.2 Å². The number of amides is 3. The van der Waals surface area contributed by atoms with Crippen LogP contribution >= 0.6 is 11.3 Å². The van der Waals surface area contributed by atoms with Crippen molar-refractivity contribution in [3.05, 3.63) is 64.0 Å². The van der Waals surface area contributed by atoms with Gasteiger partial charge in [0.2, 0.25) is 0 Å². The first-order valence-corrected chi connectivity index (χ1v) is 10.4. The van der Waals surface area contributed by atoms with Gasteiger partial charge in [0.1, 0.15) is 5.54 Å². The summed E-state index contributed by atoms with van der Waals surface area (Å²) in [7, 11) is 1.92. The molecule has 2 aliphatic rings. The van der Waals surface area contributed by atoms with Gasteiger partial charge in [-0.3, -0.25) is 14.5 Å². The van der Waals surface area contributed by atoms with E-state index in [0.29, 0.717) is 0 Å². The normalized spacial score (nSPS) is 24.2. The second-order valence-corrected chi connectivity index (χ2v) is 8.94. The van der Waals surface area contributed by atoms with Crippen LogP contribution in [0, 0.1) is 0 Å². The number of para-hydroxylation sites is 1. The Bertz CT molecular complexity index is 1040. The van der Waals surface area contributed by atoms with Crippen LogP contribution in [0.5, 0.6) is 0 Å². The Labute approximate surface area is 173 Å². The summed E-state index contributed by atoms with van der Waals surface area (Å²) < 4.78 is 0. The molecular weight excluding hydrogens is 386 g/mol. The van der Waals surface area contributed by atoms with Crippen LogP contribution in [-0.2, 0) is 20.5 Å². The number of carbonyl (C=O) groups is 3. The van der Waals surface area contributed by atoms with Crippen molar-refractivity contribution >= 4 is 34.7 Å². The number of urea groups is 1. The predicted molar refractivity (Wildman–Crippen MR) is 113 cm³/mol. The summed E-state index contributed by atoms with van der Waals surface area (Å²) in [4.78, 5) is 41.2. The molecule has 1 N–H and O–H groups in total. The Hall–Kier alpha value is -2.93. The van der Waals surface area contributed by atoms with E-state index < -0.39 is 17.5 Å². The minimum atomic E-state index is -1.13. The fourth-order valence-corrected chi connectivity index (χ4v) is 4.96. The molecule has 1 saturated heterocycles. The summed E-state index contributed by atoms with van der Waals surface area (Å²) in [6.07, 6.45) is 1.56. The lowest BCUT2D eigenvalue weighted by Crippen LogP contribution is -2.41. The van der Waals surface area contributed by atoms with Crippen LogP contribution in [0.15, 0.2) is 52.9 Å². The quantitative estimate of drug-likeness (QED) is 0.621. The second kappa shape index (κ2) is 6.56. The Morgan fingerprint density at radius 3 is 2.55 bits per heavy atom. The van der Waals surface area contributed by atoms with Gasteiger partial charge in [-0.1, -0.05) is 32.0 Å². The number of likely N-dealkylation sites (N-methyl/N-ethyl adjacent to an activating group) is 1. The third-order valence-corrected chi connectivity index (χ3v) is 6.61. The van der Waals surface area contributed by atoms with E-state index in [-0.39, 0.29) is 17.7 Å². The number of allylic oxidation sites excluding steroid dienone is 1. The molecule has 7 heteroatoms. The van der Waals surface area contributed by atoms with Crippen molar-refractivity contribution < 1.29 is 14.4 Å². The highest BCUT2D eigenvalue weighted by atomic mass is 32.1. The Morgan fingerprint density at radius 1 is 1.17 bits per heavy atom. The number of nitrogens with one attached hydrogen (secondary N) is 1. The SMILES string of the molecule is CN1C(=CC(=O)CN2C(=O)NC(C)(c3ccsc3)C2=O)C(C)(C)c2ccccc21. The first kappa shape index (κ1) is 19.4. The minimum absolute atomic E-state index is 0.284. The molecule has 150 valence electrons. The van der Waals surface area contributed by atoms with Gasteiger partial charge in [-0.15, -0.1) is 0 Å². The summed E-state index contributed by atoms with van der Waals surface area (Å²) in [5, 5.41) is 6.42. The molecule has 3 amide bonds. The number of rotatable bonds is 4. The number of imide groups is 1. The van der Waals surface area contributed by atoms with E-state index in [0.717, 1.165) is 27.4 Å². The lowest BCUT2D eigenvalue weighted by Gasteiger charge is -2.24. The largest absolute Gasteiger partial charge is 0.347 e. The predicted octanol–water partition coefficient (Wildman–Crippen LogP) is 3.40. The standard InChI is InChI=1S/C22H23N3O3S/c1-21(2)16-7-5-6-8-17(16)24(4)18(21)11-15(26)12-25-19(27)22(3,23-20(25)28)14-9-10-29-13-14/h5-11,13H,12H2,1-4H3,(H,23,28). The third kappa shape index (κ3) is 2.88. The van der Waals surface area contributed by atoms with Crippen molar-refractivity contribution in [1.82, 2.24) is 10.2 Å². The van der Waals surface area contributed by atoms with Crippen molar-refractivity contribution in [2.24, 2.45) is 0 Å². The lowest BCUT2D eigenvalue weighted by molar-refractivity contribution is -0.133. The molecule has 0 saturated carbocycles. The molecule has 1 aromatic heterocycles. The van der Waals surface area contributed by atoms with Crippen LogP contribution in [0.3, 0.4) is 0 Å². The number of fused-ring (bicyclic) bond motifs is 1. The van der Waals surface area contributed by atoms with E-state index in [1.165, 1.54) is 11.3 Å². The van der Waals surface area contributed by atoms with E-state index in [2.05, 4.69) is 25.2 Å². The number of hydrogen-bond donors (Lipinski definition) is 1. The van der Waals surface area contributed by atoms with Crippen LogP contribution in [0.4, 0.5) is 10.5 Å². The van der Waals surface area contributed by atoms with Crippen molar-refractivity contribution in [1.29, 1.82) is 0 Å². The van der Waals surface area contributed by atoms with Gasteiger partial charge in [0.05, 0.1) is 6.54 Å². The zero-order chi connectivity index (χ0) is 21.0. The highest BCUT2D eigenvalue weighted by Crippen LogP contribution is 2.46. The zero-order valence-electron chi connectivity index (χ0n) is 16.9. The molecule has 2 aromatic rings. The van der Waals surface area contributed by atoms with E-state index in [4.69, 9.17) is 0 Å². The molecule has 4 rings (SSSR count). The summed E-state index contributed by atoms with van der Waals surface area (Å²) >= 11 is 1.45. The fourth-order valence-electron chi connectivity index (χ4n) is 4.20. The smallest absolute Gasteiger partial charge is 0.325 e. The number of carbonyl (C=O) groups excluding carboxylic acids is 3. The molecule has 1 unspecified atom stereocenters. The first-order chi connectivity index (χ1) is 13.7. The number of nitrogens with zero attached hydrogens (tertiary/aromatic N) is 2. The molecule has 29 heavy (non-hydrogen) atoms. The van der Waals surface area contributed by atoms with Gasteiger partial charge in [0.25, 0.3) is 5.91 Å². The summed E-state index contributed by atoms with van der Waals surface area (Å²) in [6.45, 7) is 5.52. The molecule has 2 aliphatic heterocycles. The van der Waals surface area contributed by atoms with E-state index >= 15 is 0 Å². The molecule has 6 nitrogen and oxygen atoms in total. The monoisotopic (exact) mass is 409 g/mol. The lowest BCUT2D eigenvalue weighted by atomic mass is 9.83. The summed E-state index contributed by atoms with van der Waals surface area (Å²) in [5.74, 6) is -0.694. The molecule has 1 aromatic carbocycles. The van der Waals surface area contributed by atoms with Gasteiger partial charge in [-0.25, -0.2) is 4.79 Å². The van der Waals surface area contributed by atoms with Crippen LogP contribution in [0.2, 0.25) is 0 Å². The molecular formula is C22H23N3O3S. The molecule has 0 spiro atoms. The maximum Gasteiger partial charge on any atom is 0.325 e. The minimum Gasteiger partial charge on any atom is -0.347 e. The molecule has 1 atom stereocenters. The fraction of sp³-hybridized carbons (Fsp3) is 0.318. The van der Waals surface area contributed by atoms with Gasteiger partial charge in [0.15, 0.2) is 5.78 Å². The van der Waals surface area contributed by atoms with Gasteiger partial charge < -0.3 is 10.2 Å².